The van der Waals surface area contributed by atoms with Crippen LogP contribution in [-0.2, 0) is 0 Å². The van der Waals surface area contributed by atoms with Gasteiger partial charge in [-0.25, -0.2) is 4.98 Å². The Bertz CT molecular complexity index is 367. The Morgan fingerprint density at radius 2 is 2.25 bits per heavy atom. The van der Waals surface area contributed by atoms with Crippen LogP contribution in [0.25, 0.3) is 0 Å². The first-order valence-corrected chi connectivity index (χ1v) is 6.80. The molecular formula is C13H19BrN2. The summed E-state index contributed by atoms with van der Waals surface area (Å²) >= 11 is 3.47. The first-order valence-electron chi connectivity index (χ1n) is 6.01. The van der Waals surface area contributed by atoms with Crippen LogP contribution in [-0.4, -0.2) is 11.5 Å². The molecule has 0 unspecified atom stereocenters. The van der Waals surface area contributed by atoms with E-state index in [1.54, 1.807) is 0 Å². The van der Waals surface area contributed by atoms with Crippen LogP contribution in [0.15, 0.2) is 16.7 Å². The van der Waals surface area contributed by atoms with E-state index in [0.29, 0.717) is 5.41 Å². The summed E-state index contributed by atoms with van der Waals surface area (Å²) in [5.74, 6) is 1.00. The molecule has 16 heavy (non-hydrogen) atoms. The fraction of sp³-hybridized carbons (Fsp3) is 0.615. The molecule has 1 aromatic rings. The first kappa shape index (κ1) is 11.9. The molecule has 1 N–H and O–H groups in total. The zero-order chi connectivity index (χ0) is 11.6. The normalized spacial score (nSPS) is 17.9. The molecule has 0 bridgehead atoms. The van der Waals surface area contributed by atoms with Crippen molar-refractivity contribution in [3.63, 3.8) is 0 Å². The number of hydrogen-bond donors (Lipinski definition) is 1. The summed E-state index contributed by atoms with van der Waals surface area (Å²) in [6.45, 7) is 5.45. The molecule has 0 atom stereocenters. The van der Waals surface area contributed by atoms with Crippen LogP contribution in [0.3, 0.4) is 0 Å². The van der Waals surface area contributed by atoms with Crippen molar-refractivity contribution in [3.05, 3.63) is 22.3 Å². The molecule has 0 aliphatic heterocycles. The SMILES string of the molecule is CCC1(CNc2cc(C)c(Br)cn2)CCC1. The van der Waals surface area contributed by atoms with Gasteiger partial charge in [0.05, 0.1) is 0 Å². The summed E-state index contributed by atoms with van der Waals surface area (Å²) in [5, 5.41) is 3.47. The van der Waals surface area contributed by atoms with Crippen molar-refractivity contribution in [2.75, 3.05) is 11.9 Å². The molecule has 0 aromatic carbocycles. The Morgan fingerprint density at radius 1 is 1.50 bits per heavy atom. The van der Waals surface area contributed by atoms with Crippen molar-refractivity contribution in [1.82, 2.24) is 4.98 Å². The highest BCUT2D eigenvalue weighted by Gasteiger charge is 2.34. The van der Waals surface area contributed by atoms with E-state index >= 15 is 0 Å². The highest BCUT2D eigenvalue weighted by Crippen LogP contribution is 2.43. The fourth-order valence-corrected chi connectivity index (χ4v) is 2.46. The van der Waals surface area contributed by atoms with Crippen LogP contribution >= 0.6 is 15.9 Å². The Morgan fingerprint density at radius 3 is 2.75 bits per heavy atom. The number of aromatic nitrogens is 1. The van der Waals surface area contributed by atoms with E-state index < -0.39 is 0 Å². The molecule has 88 valence electrons. The molecular weight excluding hydrogens is 264 g/mol. The van der Waals surface area contributed by atoms with Gasteiger partial charge in [0.2, 0.25) is 0 Å². The summed E-state index contributed by atoms with van der Waals surface area (Å²) in [4.78, 5) is 4.38. The minimum atomic E-state index is 0.544. The van der Waals surface area contributed by atoms with Gasteiger partial charge in [0.1, 0.15) is 5.82 Å². The van der Waals surface area contributed by atoms with Gasteiger partial charge in [-0.3, -0.25) is 0 Å². The lowest BCUT2D eigenvalue weighted by atomic mass is 9.67. The Balaban J connectivity index is 1.96. The lowest BCUT2D eigenvalue weighted by molar-refractivity contribution is 0.145. The molecule has 0 saturated heterocycles. The summed E-state index contributed by atoms with van der Waals surface area (Å²) in [5.41, 5.74) is 1.78. The highest BCUT2D eigenvalue weighted by atomic mass is 79.9. The minimum absolute atomic E-state index is 0.544. The van der Waals surface area contributed by atoms with Crippen LogP contribution in [0.4, 0.5) is 5.82 Å². The van der Waals surface area contributed by atoms with Crippen LogP contribution < -0.4 is 5.32 Å². The molecule has 0 radical (unpaired) electrons. The van der Waals surface area contributed by atoms with Crippen molar-refractivity contribution in [2.45, 2.75) is 39.5 Å². The molecule has 2 nitrogen and oxygen atoms in total. The van der Waals surface area contributed by atoms with Crippen LogP contribution in [0, 0.1) is 12.3 Å². The second-order valence-electron chi connectivity index (χ2n) is 4.88. The van der Waals surface area contributed by atoms with Gasteiger partial charge in [-0.15, -0.1) is 0 Å². The zero-order valence-corrected chi connectivity index (χ0v) is 11.6. The van der Waals surface area contributed by atoms with Crippen molar-refractivity contribution in [3.8, 4) is 0 Å². The zero-order valence-electron chi connectivity index (χ0n) is 10.0. The van der Waals surface area contributed by atoms with Crippen molar-refractivity contribution >= 4 is 21.7 Å². The van der Waals surface area contributed by atoms with Crippen LogP contribution in [0.2, 0.25) is 0 Å². The van der Waals surface area contributed by atoms with Gasteiger partial charge in [-0.05, 0) is 59.2 Å². The van der Waals surface area contributed by atoms with E-state index in [1.807, 2.05) is 6.20 Å². The third-order valence-corrected chi connectivity index (χ3v) is 4.69. The number of aryl methyl sites for hydroxylation is 1. The Labute approximate surface area is 106 Å². The van der Waals surface area contributed by atoms with Gasteiger partial charge in [-0.1, -0.05) is 13.3 Å². The number of hydrogen-bond acceptors (Lipinski definition) is 2. The predicted octanol–water partition coefficient (Wildman–Crippen LogP) is 4.14. The van der Waals surface area contributed by atoms with Crippen LogP contribution in [0.1, 0.15) is 38.2 Å². The number of halogens is 1. The smallest absolute Gasteiger partial charge is 0.126 e. The number of anilines is 1. The maximum Gasteiger partial charge on any atom is 0.126 e. The van der Waals surface area contributed by atoms with E-state index in [-0.39, 0.29) is 0 Å². The largest absolute Gasteiger partial charge is 0.370 e. The maximum absolute atomic E-state index is 4.38. The van der Waals surface area contributed by atoms with E-state index in [4.69, 9.17) is 0 Å². The summed E-state index contributed by atoms with van der Waals surface area (Å²) in [6.07, 6.45) is 7.27. The third kappa shape index (κ3) is 2.40. The Kier molecular flexibility index (Phi) is 3.53. The molecule has 1 saturated carbocycles. The topological polar surface area (TPSA) is 24.9 Å². The predicted molar refractivity (Wildman–Crippen MR) is 71.7 cm³/mol. The van der Waals surface area contributed by atoms with E-state index in [9.17, 15) is 0 Å². The summed E-state index contributed by atoms with van der Waals surface area (Å²) in [7, 11) is 0. The van der Waals surface area contributed by atoms with Gasteiger partial charge in [-0.2, -0.15) is 0 Å². The second kappa shape index (κ2) is 4.74. The molecule has 1 aliphatic rings. The molecule has 1 heterocycles. The monoisotopic (exact) mass is 282 g/mol. The van der Waals surface area contributed by atoms with Gasteiger partial charge in [0, 0.05) is 17.2 Å². The molecule has 0 spiro atoms. The highest BCUT2D eigenvalue weighted by molar-refractivity contribution is 9.10. The molecule has 3 heteroatoms. The quantitative estimate of drug-likeness (QED) is 0.898. The maximum atomic E-state index is 4.38. The number of rotatable bonds is 4. The molecule has 1 fully saturated rings. The number of pyridine rings is 1. The van der Waals surface area contributed by atoms with Gasteiger partial charge in [0.15, 0.2) is 0 Å². The fourth-order valence-electron chi connectivity index (χ4n) is 2.25. The Hall–Kier alpha value is -0.570. The van der Waals surface area contributed by atoms with Gasteiger partial charge >= 0.3 is 0 Å². The van der Waals surface area contributed by atoms with E-state index in [2.05, 4.69) is 46.1 Å². The summed E-state index contributed by atoms with van der Waals surface area (Å²) < 4.78 is 1.08. The third-order valence-electron chi connectivity index (χ3n) is 3.86. The van der Waals surface area contributed by atoms with E-state index in [1.165, 1.54) is 31.2 Å². The lowest BCUT2D eigenvalue weighted by Gasteiger charge is -2.41. The molecule has 1 aromatic heterocycles. The molecule has 1 aliphatic carbocycles. The molecule has 2 rings (SSSR count). The average Bonchev–Trinajstić information content (AvgIpc) is 2.22. The standard InChI is InChI=1S/C13H19BrN2/c1-3-13(5-4-6-13)9-16-12-7-10(2)11(14)8-15-12/h7-8H,3-6,9H2,1-2H3,(H,15,16). The van der Waals surface area contributed by atoms with Gasteiger partial charge < -0.3 is 5.32 Å². The van der Waals surface area contributed by atoms with Crippen molar-refractivity contribution < 1.29 is 0 Å². The van der Waals surface area contributed by atoms with Crippen molar-refractivity contribution in [2.24, 2.45) is 5.41 Å². The average molecular weight is 283 g/mol. The summed E-state index contributed by atoms with van der Waals surface area (Å²) in [6, 6.07) is 2.10. The van der Waals surface area contributed by atoms with E-state index in [0.717, 1.165) is 16.8 Å². The lowest BCUT2D eigenvalue weighted by Crippen LogP contribution is -2.36. The number of nitrogens with zero attached hydrogens (tertiary/aromatic N) is 1. The number of nitrogens with one attached hydrogen (secondary N) is 1. The molecule has 0 amide bonds. The van der Waals surface area contributed by atoms with Gasteiger partial charge in [0.25, 0.3) is 0 Å². The van der Waals surface area contributed by atoms with Crippen LogP contribution in [0.5, 0.6) is 0 Å². The first-order chi connectivity index (χ1) is 7.65. The van der Waals surface area contributed by atoms with Crippen molar-refractivity contribution in [1.29, 1.82) is 0 Å². The second-order valence-corrected chi connectivity index (χ2v) is 5.73. The minimum Gasteiger partial charge on any atom is -0.370 e.